The maximum absolute atomic E-state index is 12.4. The molecule has 2 aromatic carbocycles. The zero-order valence-electron chi connectivity index (χ0n) is 16.6. The van der Waals surface area contributed by atoms with Crippen LogP contribution in [-0.4, -0.2) is 47.7 Å². The van der Waals surface area contributed by atoms with Crippen molar-refractivity contribution in [1.82, 2.24) is 4.90 Å². The van der Waals surface area contributed by atoms with Crippen LogP contribution in [0.25, 0.3) is 0 Å². The van der Waals surface area contributed by atoms with Gasteiger partial charge in [-0.25, -0.2) is 4.79 Å². The summed E-state index contributed by atoms with van der Waals surface area (Å²) in [5, 5.41) is 15.1. The van der Waals surface area contributed by atoms with Crippen LogP contribution in [0.3, 0.4) is 0 Å². The minimum atomic E-state index is -0.343. The fourth-order valence-corrected chi connectivity index (χ4v) is 3.20. The molecule has 3 amide bonds. The first kappa shape index (κ1) is 20.7. The maximum Gasteiger partial charge on any atom is 0.323 e. The van der Waals surface area contributed by atoms with Gasteiger partial charge in [-0.15, -0.1) is 0 Å². The predicted octanol–water partition coefficient (Wildman–Crippen LogP) is 3.26. The van der Waals surface area contributed by atoms with Gasteiger partial charge in [0.05, 0.1) is 19.1 Å². The van der Waals surface area contributed by atoms with Gasteiger partial charge in [0.15, 0.2) is 0 Å². The highest BCUT2D eigenvalue weighted by Gasteiger charge is 2.21. The summed E-state index contributed by atoms with van der Waals surface area (Å²) < 4.78 is 5.38. The number of nitrogens with one attached hydrogen (secondary N) is 2. The fourth-order valence-electron chi connectivity index (χ4n) is 3.20. The van der Waals surface area contributed by atoms with E-state index >= 15 is 0 Å². The fraction of sp³-hybridized carbons (Fsp3) is 0.364. The van der Waals surface area contributed by atoms with E-state index < -0.39 is 0 Å². The van der Waals surface area contributed by atoms with Gasteiger partial charge in [0.1, 0.15) is 5.75 Å². The molecule has 2 aromatic rings. The van der Waals surface area contributed by atoms with Gasteiger partial charge in [0, 0.05) is 24.5 Å². The number of ether oxygens (including phenoxy) is 1. The number of rotatable bonds is 6. The second-order valence-electron chi connectivity index (χ2n) is 7.02. The molecule has 0 saturated carbocycles. The highest BCUT2D eigenvalue weighted by Crippen LogP contribution is 2.17. The Morgan fingerprint density at radius 1 is 1.00 bits per heavy atom. The summed E-state index contributed by atoms with van der Waals surface area (Å²) >= 11 is 0. The average Bonchev–Trinajstić information content (AvgIpc) is 2.71. The zero-order valence-corrected chi connectivity index (χ0v) is 16.6. The molecule has 0 bridgehead atoms. The summed E-state index contributed by atoms with van der Waals surface area (Å²) in [7, 11) is 0. The van der Waals surface area contributed by atoms with E-state index in [0.717, 1.165) is 11.3 Å². The minimum Gasteiger partial charge on any atom is -0.494 e. The van der Waals surface area contributed by atoms with Gasteiger partial charge in [-0.05, 0) is 61.7 Å². The number of nitrogens with zero attached hydrogens (tertiary/aromatic N) is 1. The molecule has 1 fully saturated rings. The Morgan fingerprint density at radius 3 is 2.10 bits per heavy atom. The maximum atomic E-state index is 12.4. The van der Waals surface area contributed by atoms with E-state index in [2.05, 4.69) is 10.6 Å². The Kier molecular flexibility index (Phi) is 7.08. The number of likely N-dealkylation sites (tertiary alicyclic amines) is 1. The number of anilines is 2. The van der Waals surface area contributed by atoms with Crippen molar-refractivity contribution < 1.29 is 19.4 Å². The number of aliphatic hydroxyl groups is 1. The van der Waals surface area contributed by atoms with Crippen LogP contribution in [-0.2, 0) is 11.2 Å². The van der Waals surface area contributed by atoms with Crippen LogP contribution >= 0.6 is 0 Å². The highest BCUT2D eigenvalue weighted by atomic mass is 16.5. The second kappa shape index (κ2) is 9.93. The molecule has 1 aliphatic heterocycles. The van der Waals surface area contributed by atoms with E-state index in [1.165, 1.54) is 0 Å². The molecule has 29 heavy (non-hydrogen) atoms. The van der Waals surface area contributed by atoms with Crippen LogP contribution in [0.1, 0.15) is 25.3 Å². The molecule has 3 rings (SSSR count). The Morgan fingerprint density at radius 2 is 1.55 bits per heavy atom. The zero-order chi connectivity index (χ0) is 20.6. The Balaban J connectivity index is 1.48. The monoisotopic (exact) mass is 397 g/mol. The van der Waals surface area contributed by atoms with E-state index in [-0.39, 0.29) is 18.0 Å². The van der Waals surface area contributed by atoms with Gasteiger partial charge in [-0.1, -0.05) is 12.1 Å². The molecule has 7 nitrogen and oxygen atoms in total. The van der Waals surface area contributed by atoms with Crippen molar-refractivity contribution in [3.05, 3.63) is 54.1 Å². The number of benzene rings is 2. The lowest BCUT2D eigenvalue weighted by atomic mass is 10.1. The van der Waals surface area contributed by atoms with Crippen molar-refractivity contribution in [2.45, 2.75) is 32.3 Å². The number of carbonyl (C=O) groups excluding carboxylic acids is 2. The lowest BCUT2D eigenvalue weighted by Crippen LogP contribution is -2.40. The van der Waals surface area contributed by atoms with Gasteiger partial charge < -0.3 is 25.4 Å². The number of amides is 3. The van der Waals surface area contributed by atoms with Crippen molar-refractivity contribution in [1.29, 1.82) is 0 Å². The molecule has 0 atom stereocenters. The Hall–Kier alpha value is -3.06. The molecule has 0 spiro atoms. The topological polar surface area (TPSA) is 90.9 Å². The number of piperidine rings is 1. The third kappa shape index (κ3) is 6.22. The van der Waals surface area contributed by atoms with Gasteiger partial charge in [-0.2, -0.15) is 0 Å². The number of urea groups is 1. The van der Waals surface area contributed by atoms with Gasteiger partial charge in [0.25, 0.3) is 0 Å². The lowest BCUT2D eigenvalue weighted by Gasteiger charge is -2.29. The van der Waals surface area contributed by atoms with Crippen LogP contribution in [0, 0.1) is 0 Å². The summed E-state index contributed by atoms with van der Waals surface area (Å²) in [4.78, 5) is 26.3. The van der Waals surface area contributed by atoms with Gasteiger partial charge in [-0.3, -0.25) is 4.79 Å². The average molecular weight is 397 g/mol. The van der Waals surface area contributed by atoms with Crippen molar-refractivity contribution in [3.63, 3.8) is 0 Å². The van der Waals surface area contributed by atoms with Gasteiger partial charge >= 0.3 is 6.03 Å². The number of hydrogen-bond donors (Lipinski definition) is 3. The summed E-state index contributed by atoms with van der Waals surface area (Å²) in [5.74, 6) is 0.815. The molecular formula is C22H27N3O4. The first-order valence-electron chi connectivity index (χ1n) is 9.89. The summed E-state index contributed by atoms with van der Waals surface area (Å²) in [6.45, 7) is 3.71. The molecule has 0 unspecified atom stereocenters. The molecule has 0 aliphatic carbocycles. The molecule has 7 heteroatoms. The first-order chi connectivity index (χ1) is 14.0. The van der Waals surface area contributed by atoms with E-state index in [1.54, 1.807) is 41.3 Å². The van der Waals surface area contributed by atoms with Crippen molar-refractivity contribution in [2.75, 3.05) is 30.3 Å². The van der Waals surface area contributed by atoms with E-state index in [4.69, 9.17) is 4.74 Å². The second-order valence-corrected chi connectivity index (χ2v) is 7.02. The number of hydrogen-bond acceptors (Lipinski definition) is 4. The predicted molar refractivity (Wildman–Crippen MR) is 112 cm³/mol. The lowest BCUT2D eigenvalue weighted by molar-refractivity contribution is -0.132. The van der Waals surface area contributed by atoms with Crippen molar-refractivity contribution in [3.8, 4) is 5.75 Å². The SMILES string of the molecule is CCOc1ccc(NC(=O)Nc2ccc(CC(=O)N3CCC(O)CC3)cc2)cc1. The van der Waals surface area contributed by atoms with Crippen LogP contribution < -0.4 is 15.4 Å². The van der Waals surface area contributed by atoms with Gasteiger partial charge in [0.2, 0.25) is 5.91 Å². The number of carbonyl (C=O) groups is 2. The van der Waals surface area contributed by atoms with Crippen LogP contribution in [0.2, 0.25) is 0 Å². The van der Waals surface area contributed by atoms with E-state index in [9.17, 15) is 14.7 Å². The molecule has 1 saturated heterocycles. The van der Waals surface area contributed by atoms with E-state index in [0.29, 0.717) is 50.3 Å². The van der Waals surface area contributed by atoms with E-state index in [1.807, 2.05) is 19.1 Å². The highest BCUT2D eigenvalue weighted by molar-refractivity contribution is 5.99. The van der Waals surface area contributed by atoms with Crippen molar-refractivity contribution in [2.24, 2.45) is 0 Å². The van der Waals surface area contributed by atoms with Crippen molar-refractivity contribution >= 4 is 23.3 Å². The number of aliphatic hydroxyl groups excluding tert-OH is 1. The molecule has 0 aromatic heterocycles. The standard InChI is InChI=1S/C22H27N3O4/c1-2-29-20-9-7-18(8-10-20)24-22(28)23-17-5-3-16(4-6-17)15-21(27)25-13-11-19(26)12-14-25/h3-10,19,26H,2,11-15H2,1H3,(H2,23,24,28). The molecule has 1 aliphatic rings. The molecular weight excluding hydrogens is 370 g/mol. The Labute approximate surface area is 170 Å². The normalized spacial score (nSPS) is 14.3. The Bertz CT molecular complexity index is 813. The molecule has 154 valence electrons. The third-order valence-electron chi connectivity index (χ3n) is 4.81. The molecule has 1 heterocycles. The first-order valence-corrected chi connectivity index (χ1v) is 9.89. The summed E-state index contributed by atoms with van der Waals surface area (Å²) in [6.07, 6.45) is 1.29. The molecule has 0 radical (unpaired) electrons. The quantitative estimate of drug-likeness (QED) is 0.698. The van der Waals surface area contributed by atoms with Crippen LogP contribution in [0.15, 0.2) is 48.5 Å². The largest absolute Gasteiger partial charge is 0.494 e. The van der Waals surface area contributed by atoms with Crippen LogP contribution in [0.5, 0.6) is 5.75 Å². The third-order valence-corrected chi connectivity index (χ3v) is 4.81. The smallest absolute Gasteiger partial charge is 0.323 e. The minimum absolute atomic E-state index is 0.0610. The molecule has 3 N–H and O–H groups in total. The summed E-state index contributed by atoms with van der Waals surface area (Å²) in [6, 6.07) is 14.0. The van der Waals surface area contributed by atoms with Crippen LogP contribution in [0.4, 0.5) is 16.2 Å². The summed E-state index contributed by atoms with van der Waals surface area (Å²) in [5.41, 5.74) is 2.20.